The first-order chi connectivity index (χ1) is 9.16. The predicted octanol–water partition coefficient (Wildman–Crippen LogP) is 0.795. The van der Waals surface area contributed by atoms with Gasteiger partial charge >= 0.3 is 0 Å². The number of nitrogens with zero attached hydrogens (tertiary/aromatic N) is 1. The van der Waals surface area contributed by atoms with Gasteiger partial charge in [0.05, 0.1) is 17.1 Å². The molecule has 20 heavy (non-hydrogen) atoms. The number of benzene rings is 1. The third-order valence-electron chi connectivity index (χ3n) is 2.38. The van der Waals surface area contributed by atoms with E-state index in [0.29, 0.717) is 12.1 Å². The summed E-state index contributed by atoms with van der Waals surface area (Å²) in [6.07, 6.45) is -0.432. The monoisotopic (exact) mass is 308 g/mol. The second-order valence-corrected chi connectivity index (χ2v) is 5.44. The van der Waals surface area contributed by atoms with Gasteiger partial charge < -0.3 is 9.47 Å². The van der Waals surface area contributed by atoms with E-state index >= 15 is 0 Å². The minimum atomic E-state index is -4.38. The first-order valence-electron chi connectivity index (χ1n) is 5.33. The van der Waals surface area contributed by atoms with Crippen LogP contribution in [0.4, 0.5) is 10.1 Å². The Balaban J connectivity index is 3.31. The fourth-order valence-electron chi connectivity index (χ4n) is 1.28. The molecule has 0 fully saturated rings. The molecule has 0 spiro atoms. The standard InChI is InChI=1S/C10H13FN2O6S/c1-6(18-2)5-19-10-8(11)3-7(13(14)15)4-9(10)20(12,16)17/h3-4,6H,5H2,1-2H3,(H2,12,16,17). The number of ether oxygens (including phenoxy) is 2. The van der Waals surface area contributed by atoms with E-state index in [0.717, 1.165) is 0 Å². The van der Waals surface area contributed by atoms with Crippen molar-refractivity contribution in [1.82, 2.24) is 0 Å². The summed E-state index contributed by atoms with van der Waals surface area (Å²) >= 11 is 0. The van der Waals surface area contributed by atoms with Crippen LogP contribution in [0.2, 0.25) is 0 Å². The average Bonchev–Trinajstić information content (AvgIpc) is 2.34. The first kappa shape index (κ1) is 16.3. The van der Waals surface area contributed by atoms with Crippen molar-refractivity contribution >= 4 is 15.7 Å². The van der Waals surface area contributed by atoms with Gasteiger partial charge in [-0.2, -0.15) is 0 Å². The van der Waals surface area contributed by atoms with Crippen LogP contribution in [-0.2, 0) is 14.8 Å². The van der Waals surface area contributed by atoms with Crippen molar-refractivity contribution in [1.29, 1.82) is 0 Å². The minimum Gasteiger partial charge on any atom is -0.486 e. The van der Waals surface area contributed by atoms with Gasteiger partial charge in [-0.05, 0) is 6.92 Å². The first-order valence-corrected chi connectivity index (χ1v) is 6.87. The number of halogens is 1. The number of primary sulfonamides is 1. The number of methoxy groups -OCH3 is 1. The SMILES string of the molecule is COC(C)COc1c(F)cc([N+](=O)[O-])cc1S(N)(=O)=O. The molecule has 0 saturated carbocycles. The van der Waals surface area contributed by atoms with E-state index in [-0.39, 0.29) is 6.61 Å². The van der Waals surface area contributed by atoms with Gasteiger partial charge in [-0.3, -0.25) is 10.1 Å². The number of nitro groups is 1. The van der Waals surface area contributed by atoms with E-state index in [1.54, 1.807) is 6.92 Å². The zero-order chi connectivity index (χ0) is 15.5. The summed E-state index contributed by atoms with van der Waals surface area (Å²) in [4.78, 5) is 8.88. The number of rotatable bonds is 6. The largest absolute Gasteiger partial charge is 0.486 e. The number of nitrogens with two attached hydrogens (primary N) is 1. The molecule has 0 heterocycles. The van der Waals surface area contributed by atoms with Crippen LogP contribution in [0.3, 0.4) is 0 Å². The zero-order valence-corrected chi connectivity index (χ0v) is 11.5. The van der Waals surface area contributed by atoms with Crippen molar-refractivity contribution in [3.63, 3.8) is 0 Å². The molecule has 1 rings (SSSR count). The maximum Gasteiger partial charge on any atom is 0.274 e. The highest BCUT2D eigenvalue weighted by Crippen LogP contribution is 2.31. The molecule has 2 N–H and O–H groups in total. The molecule has 0 radical (unpaired) electrons. The van der Waals surface area contributed by atoms with Crippen molar-refractivity contribution in [2.45, 2.75) is 17.9 Å². The molecule has 0 amide bonds. The number of non-ortho nitro benzene ring substituents is 1. The molecule has 0 aromatic heterocycles. The molecule has 8 nitrogen and oxygen atoms in total. The van der Waals surface area contributed by atoms with Gasteiger partial charge in [0.1, 0.15) is 11.5 Å². The van der Waals surface area contributed by atoms with Gasteiger partial charge in [0.25, 0.3) is 5.69 Å². The summed E-state index contributed by atoms with van der Waals surface area (Å²) in [5, 5.41) is 15.5. The lowest BCUT2D eigenvalue weighted by Gasteiger charge is -2.14. The number of hydrogen-bond acceptors (Lipinski definition) is 6. The molecule has 1 aromatic rings. The highest BCUT2D eigenvalue weighted by molar-refractivity contribution is 7.89. The highest BCUT2D eigenvalue weighted by atomic mass is 32.2. The van der Waals surface area contributed by atoms with Gasteiger partial charge in [-0.25, -0.2) is 17.9 Å². The summed E-state index contributed by atoms with van der Waals surface area (Å²) in [6, 6.07) is 1.20. The molecule has 112 valence electrons. The summed E-state index contributed by atoms with van der Waals surface area (Å²) in [5.41, 5.74) is -0.737. The third-order valence-corrected chi connectivity index (χ3v) is 3.29. The Morgan fingerprint density at radius 2 is 2.10 bits per heavy atom. The quantitative estimate of drug-likeness (QED) is 0.612. The lowest BCUT2D eigenvalue weighted by Crippen LogP contribution is -2.20. The Morgan fingerprint density at radius 1 is 1.50 bits per heavy atom. The Kier molecular flexibility index (Phi) is 4.98. The van der Waals surface area contributed by atoms with E-state index in [9.17, 15) is 22.9 Å². The van der Waals surface area contributed by atoms with E-state index in [1.807, 2.05) is 0 Å². The van der Waals surface area contributed by atoms with Crippen LogP contribution in [-0.4, -0.2) is 33.2 Å². The summed E-state index contributed by atoms with van der Waals surface area (Å²) in [5.74, 6) is -1.85. The Morgan fingerprint density at radius 3 is 2.55 bits per heavy atom. The van der Waals surface area contributed by atoms with E-state index in [1.165, 1.54) is 7.11 Å². The van der Waals surface area contributed by atoms with Crippen LogP contribution in [0, 0.1) is 15.9 Å². The molecule has 10 heteroatoms. The fraction of sp³-hybridized carbons (Fsp3) is 0.400. The van der Waals surface area contributed by atoms with Crippen LogP contribution in [0.1, 0.15) is 6.92 Å². The van der Waals surface area contributed by atoms with Gasteiger partial charge in [0, 0.05) is 13.2 Å². The van der Waals surface area contributed by atoms with Gasteiger partial charge in [0.15, 0.2) is 11.6 Å². The molecule has 0 aliphatic rings. The molecule has 0 aliphatic carbocycles. The molecule has 1 atom stereocenters. The Hall–Kier alpha value is -1.78. The molecule has 1 aromatic carbocycles. The van der Waals surface area contributed by atoms with E-state index < -0.39 is 43.2 Å². The van der Waals surface area contributed by atoms with E-state index in [2.05, 4.69) is 0 Å². The topological polar surface area (TPSA) is 122 Å². The van der Waals surface area contributed by atoms with Crippen molar-refractivity contribution in [3.8, 4) is 5.75 Å². The Bertz CT molecular complexity index is 618. The van der Waals surface area contributed by atoms with Crippen molar-refractivity contribution < 1.29 is 27.2 Å². The molecule has 0 saturated heterocycles. The van der Waals surface area contributed by atoms with Crippen molar-refractivity contribution in [2.24, 2.45) is 5.14 Å². The third kappa shape index (κ3) is 3.85. The van der Waals surface area contributed by atoms with Crippen LogP contribution >= 0.6 is 0 Å². The lowest BCUT2D eigenvalue weighted by atomic mass is 10.3. The summed E-state index contributed by atoms with van der Waals surface area (Å²) in [6.45, 7) is 1.47. The second kappa shape index (κ2) is 6.11. The predicted molar refractivity (Wildman–Crippen MR) is 66.4 cm³/mol. The second-order valence-electron chi connectivity index (χ2n) is 3.91. The fourth-order valence-corrected chi connectivity index (χ4v) is 1.98. The minimum absolute atomic E-state index is 0.145. The highest BCUT2D eigenvalue weighted by Gasteiger charge is 2.25. The van der Waals surface area contributed by atoms with Gasteiger partial charge in [-0.1, -0.05) is 0 Å². The van der Waals surface area contributed by atoms with Crippen LogP contribution < -0.4 is 9.88 Å². The normalized spacial score (nSPS) is 13.0. The van der Waals surface area contributed by atoms with Crippen molar-refractivity contribution in [3.05, 3.63) is 28.1 Å². The zero-order valence-electron chi connectivity index (χ0n) is 10.7. The maximum atomic E-state index is 13.8. The van der Waals surface area contributed by atoms with Gasteiger partial charge in [-0.15, -0.1) is 0 Å². The lowest BCUT2D eigenvalue weighted by molar-refractivity contribution is -0.385. The number of hydrogen-bond donors (Lipinski definition) is 1. The molecular formula is C10H13FN2O6S. The Labute approximate surface area is 114 Å². The molecule has 0 aliphatic heterocycles. The maximum absolute atomic E-state index is 13.8. The number of sulfonamides is 1. The van der Waals surface area contributed by atoms with E-state index in [4.69, 9.17) is 14.6 Å². The van der Waals surface area contributed by atoms with Crippen LogP contribution in [0.25, 0.3) is 0 Å². The summed E-state index contributed by atoms with van der Waals surface area (Å²) in [7, 11) is -2.99. The number of nitro benzene ring substituents is 1. The van der Waals surface area contributed by atoms with Crippen LogP contribution in [0.5, 0.6) is 5.75 Å². The molecule has 1 unspecified atom stereocenters. The smallest absolute Gasteiger partial charge is 0.274 e. The molecular weight excluding hydrogens is 295 g/mol. The van der Waals surface area contributed by atoms with Gasteiger partial charge in [0.2, 0.25) is 10.0 Å². The molecule has 0 bridgehead atoms. The van der Waals surface area contributed by atoms with Crippen LogP contribution in [0.15, 0.2) is 17.0 Å². The average molecular weight is 308 g/mol. The summed E-state index contributed by atoms with van der Waals surface area (Å²) < 4.78 is 46.4. The van der Waals surface area contributed by atoms with Crippen molar-refractivity contribution in [2.75, 3.05) is 13.7 Å².